The number of amides is 1. The molecule has 1 amide bonds. The van der Waals surface area contributed by atoms with Crippen molar-refractivity contribution in [2.45, 2.75) is 31.3 Å². The first-order chi connectivity index (χ1) is 16.0. The Morgan fingerprint density at radius 3 is 2.58 bits per heavy atom. The summed E-state index contributed by atoms with van der Waals surface area (Å²) in [6.45, 7) is 2.26. The molecule has 2 aromatic heterocycles. The van der Waals surface area contributed by atoms with Crippen molar-refractivity contribution in [3.63, 3.8) is 0 Å². The zero-order valence-electron chi connectivity index (χ0n) is 18.7. The maximum atomic E-state index is 13.8. The fourth-order valence-electron chi connectivity index (χ4n) is 4.29. The molecule has 5 nitrogen and oxygen atoms in total. The molecule has 168 valence electrons. The second kappa shape index (κ2) is 9.15. The average Bonchev–Trinajstić information content (AvgIpc) is 3.20. The van der Waals surface area contributed by atoms with Gasteiger partial charge in [-0.05, 0) is 55.0 Å². The van der Waals surface area contributed by atoms with E-state index in [1.165, 1.54) is 22.2 Å². The molecule has 0 N–H and O–H groups in total. The zero-order valence-corrected chi connectivity index (χ0v) is 20.3. The number of aryl methyl sites for hydroxylation is 1. The van der Waals surface area contributed by atoms with E-state index in [9.17, 15) is 9.59 Å². The topological polar surface area (TPSA) is 55.2 Å². The van der Waals surface area contributed by atoms with E-state index in [4.69, 9.17) is 4.98 Å². The predicted octanol–water partition coefficient (Wildman–Crippen LogP) is 5.33. The fraction of sp³-hybridized carbons (Fsp3) is 0.269. The van der Waals surface area contributed by atoms with Crippen LogP contribution >= 0.6 is 23.1 Å². The van der Waals surface area contributed by atoms with E-state index < -0.39 is 0 Å². The van der Waals surface area contributed by atoms with Crippen LogP contribution in [0.3, 0.4) is 0 Å². The molecule has 1 aliphatic rings. The van der Waals surface area contributed by atoms with Crippen molar-refractivity contribution in [1.29, 1.82) is 0 Å². The van der Waals surface area contributed by atoms with Gasteiger partial charge in [0.05, 0.1) is 16.8 Å². The summed E-state index contributed by atoms with van der Waals surface area (Å²) in [5.74, 6) is 0.777. The molecule has 0 radical (unpaired) electrons. The highest BCUT2D eigenvalue weighted by Crippen LogP contribution is 2.37. The lowest BCUT2D eigenvalue weighted by Crippen LogP contribution is -2.28. The number of anilines is 1. The van der Waals surface area contributed by atoms with Gasteiger partial charge in [0.25, 0.3) is 5.56 Å². The molecule has 4 aromatic rings. The number of thioether (sulfide) groups is 1. The molecule has 2 aromatic carbocycles. The number of rotatable bonds is 5. The first-order valence-electron chi connectivity index (χ1n) is 11.1. The SMILES string of the molecule is CC1CCc2c(sc3nc(SCC(=O)N(C)c4ccccc4)n(-c4ccccc4)c(=O)c23)C1. The molecule has 0 fully saturated rings. The third-order valence-corrected chi connectivity index (χ3v) is 8.23. The van der Waals surface area contributed by atoms with Gasteiger partial charge in [0.2, 0.25) is 5.91 Å². The first kappa shape index (κ1) is 21.9. The van der Waals surface area contributed by atoms with Gasteiger partial charge in [-0.3, -0.25) is 14.2 Å². The molecule has 0 aliphatic heterocycles. The van der Waals surface area contributed by atoms with E-state index in [0.29, 0.717) is 11.1 Å². The van der Waals surface area contributed by atoms with Gasteiger partial charge in [0.1, 0.15) is 4.83 Å². The van der Waals surface area contributed by atoms with Crippen LogP contribution < -0.4 is 10.5 Å². The molecule has 0 saturated carbocycles. The number of aromatic nitrogens is 2. The molecule has 1 aliphatic carbocycles. The van der Waals surface area contributed by atoms with Crippen LogP contribution in [-0.4, -0.2) is 28.3 Å². The van der Waals surface area contributed by atoms with E-state index in [1.54, 1.807) is 27.9 Å². The fourth-order valence-corrected chi connectivity index (χ4v) is 6.64. The lowest BCUT2D eigenvalue weighted by molar-refractivity contribution is -0.115. The second-order valence-corrected chi connectivity index (χ2v) is 10.5. The van der Waals surface area contributed by atoms with Crippen LogP contribution in [0.25, 0.3) is 15.9 Å². The summed E-state index contributed by atoms with van der Waals surface area (Å²) in [5.41, 5.74) is 2.75. The summed E-state index contributed by atoms with van der Waals surface area (Å²) in [6.07, 6.45) is 3.03. The Balaban J connectivity index is 1.55. The summed E-state index contributed by atoms with van der Waals surface area (Å²) in [7, 11) is 1.77. The Morgan fingerprint density at radius 1 is 1.15 bits per heavy atom. The van der Waals surface area contributed by atoms with Crippen LogP contribution in [0.4, 0.5) is 5.69 Å². The van der Waals surface area contributed by atoms with Gasteiger partial charge in [0, 0.05) is 17.6 Å². The molecule has 0 bridgehead atoms. The number of carbonyl (C=O) groups excluding carboxylic acids is 1. The third kappa shape index (κ3) is 4.23. The van der Waals surface area contributed by atoms with Crippen LogP contribution in [-0.2, 0) is 17.6 Å². The number of hydrogen-bond donors (Lipinski definition) is 0. The van der Waals surface area contributed by atoms with E-state index in [0.717, 1.165) is 40.9 Å². The van der Waals surface area contributed by atoms with Crippen LogP contribution in [0.2, 0.25) is 0 Å². The summed E-state index contributed by atoms with van der Waals surface area (Å²) >= 11 is 2.96. The van der Waals surface area contributed by atoms with Gasteiger partial charge < -0.3 is 4.90 Å². The Morgan fingerprint density at radius 2 is 1.85 bits per heavy atom. The van der Waals surface area contributed by atoms with Gasteiger partial charge in [-0.2, -0.15) is 0 Å². The van der Waals surface area contributed by atoms with Crippen LogP contribution in [0.15, 0.2) is 70.6 Å². The van der Waals surface area contributed by atoms with Gasteiger partial charge >= 0.3 is 0 Å². The minimum Gasteiger partial charge on any atom is -0.315 e. The standard InChI is InChI=1S/C26H25N3O2S2/c1-17-13-14-20-21(15-17)33-24-23(20)25(31)29(19-11-7-4-8-12-19)26(27-24)32-16-22(30)28(2)18-9-5-3-6-10-18/h3-12,17H,13-16H2,1-2H3. The van der Waals surface area contributed by atoms with Crippen LogP contribution in [0.1, 0.15) is 23.8 Å². The minimum atomic E-state index is -0.0422. The highest BCUT2D eigenvalue weighted by Gasteiger charge is 2.25. The maximum Gasteiger partial charge on any atom is 0.267 e. The average molecular weight is 476 g/mol. The minimum absolute atomic E-state index is 0.0374. The third-order valence-electron chi connectivity index (χ3n) is 6.16. The van der Waals surface area contributed by atoms with Gasteiger partial charge in [-0.25, -0.2) is 4.98 Å². The molecule has 7 heteroatoms. The molecule has 1 unspecified atom stereocenters. The van der Waals surface area contributed by atoms with Crippen molar-refractivity contribution in [3.05, 3.63) is 81.5 Å². The number of thiophene rings is 1. The highest BCUT2D eigenvalue weighted by molar-refractivity contribution is 7.99. The van der Waals surface area contributed by atoms with E-state index in [2.05, 4.69) is 6.92 Å². The summed E-state index contributed by atoms with van der Waals surface area (Å²) in [6, 6.07) is 19.2. The van der Waals surface area contributed by atoms with Crippen LogP contribution in [0.5, 0.6) is 0 Å². The number of carbonyl (C=O) groups is 1. The summed E-state index contributed by atoms with van der Waals surface area (Å²) in [4.78, 5) is 35.3. The Bertz CT molecular complexity index is 1360. The van der Waals surface area contributed by atoms with Gasteiger partial charge in [0.15, 0.2) is 5.16 Å². The Labute approximate surface area is 201 Å². The lowest BCUT2D eigenvalue weighted by Gasteiger charge is -2.18. The zero-order chi connectivity index (χ0) is 22.9. The maximum absolute atomic E-state index is 13.8. The van der Waals surface area contributed by atoms with E-state index >= 15 is 0 Å². The molecule has 5 rings (SSSR count). The summed E-state index contributed by atoms with van der Waals surface area (Å²) < 4.78 is 1.67. The van der Waals surface area contributed by atoms with E-state index in [1.807, 2.05) is 60.7 Å². The van der Waals surface area contributed by atoms with Crippen molar-refractivity contribution in [1.82, 2.24) is 9.55 Å². The molecular weight excluding hydrogens is 450 g/mol. The van der Waals surface area contributed by atoms with Gasteiger partial charge in [-0.1, -0.05) is 55.1 Å². The molecule has 2 heterocycles. The van der Waals surface area contributed by atoms with Crippen LogP contribution in [0, 0.1) is 5.92 Å². The Kier molecular flexibility index (Phi) is 6.08. The molecule has 0 saturated heterocycles. The van der Waals surface area contributed by atoms with Gasteiger partial charge in [-0.15, -0.1) is 11.3 Å². The van der Waals surface area contributed by atoms with E-state index in [-0.39, 0.29) is 17.2 Å². The van der Waals surface area contributed by atoms with Crippen molar-refractivity contribution >= 4 is 44.9 Å². The number of para-hydroxylation sites is 2. The number of benzene rings is 2. The molecule has 0 spiro atoms. The summed E-state index contributed by atoms with van der Waals surface area (Å²) in [5, 5.41) is 1.31. The quantitative estimate of drug-likeness (QED) is 0.289. The van der Waals surface area contributed by atoms with Crippen molar-refractivity contribution in [2.24, 2.45) is 5.92 Å². The molecular formula is C26H25N3O2S2. The Hall–Kier alpha value is -2.90. The smallest absolute Gasteiger partial charge is 0.267 e. The lowest BCUT2D eigenvalue weighted by atomic mass is 9.89. The van der Waals surface area contributed by atoms with Crippen molar-refractivity contribution in [3.8, 4) is 5.69 Å². The normalized spacial score (nSPS) is 15.4. The number of hydrogen-bond acceptors (Lipinski definition) is 5. The number of fused-ring (bicyclic) bond motifs is 3. The monoisotopic (exact) mass is 475 g/mol. The number of nitrogens with zero attached hydrogens (tertiary/aromatic N) is 3. The first-order valence-corrected chi connectivity index (χ1v) is 12.9. The highest BCUT2D eigenvalue weighted by atomic mass is 32.2. The molecule has 33 heavy (non-hydrogen) atoms. The predicted molar refractivity (Wildman–Crippen MR) is 137 cm³/mol. The van der Waals surface area contributed by atoms with Crippen molar-refractivity contribution < 1.29 is 4.79 Å². The molecule has 1 atom stereocenters. The second-order valence-electron chi connectivity index (χ2n) is 8.48. The largest absolute Gasteiger partial charge is 0.315 e. The van der Waals surface area contributed by atoms with Crippen molar-refractivity contribution in [2.75, 3.05) is 17.7 Å².